The van der Waals surface area contributed by atoms with E-state index in [0.717, 1.165) is 4.90 Å². The number of carbonyl (C=O) groups excluding carboxylic acids is 5. The van der Waals surface area contributed by atoms with E-state index in [1.165, 1.54) is 42.5 Å². The molecule has 0 aliphatic carbocycles. The van der Waals surface area contributed by atoms with E-state index in [0.29, 0.717) is 22.5 Å². The molecule has 0 bridgehead atoms. The third kappa shape index (κ3) is 6.84. The van der Waals surface area contributed by atoms with Gasteiger partial charge in [-0.25, -0.2) is 14.5 Å². The average Bonchev–Trinajstić information content (AvgIpc) is 3.15. The quantitative estimate of drug-likeness (QED) is 0.247. The number of benzene rings is 3. The second kappa shape index (κ2) is 12.7. The van der Waals surface area contributed by atoms with Crippen molar-refractivity contribution in [2.24, 2.45) is 0 Å². The van der Waals surface area contributed by atoms with Crippen LogP contribution >= 0.6 is 11.6 Å². The van der Waals surface area contributed by atoms with Crippen LogP contribution < -0.4 is 15.5 Å². The SMILES string of the molecule is CC(C)OC(=O)c1cccc(NC(=O)c2ccc(NC3=C(Cl)C(=O)N(c4cccc(C(=O)OC(C)C)c4)C3=O)cc2)c1. The van der Waals surface area contributed by atoms with Crippen LogP contribution in [0.25, 0.3) is 0 Å². The summed E-state index contributed by atoms with van der Waals surface area (Å²) < 4.78 is 10.4. The lowest BCUT2D eigenvalue weighted by Gasteiger charge is -2.16. The molecule has 1 aliphatic rings. The fourth-order valence-corrected chi connectivity index (χ4v) is 4.17. The fraction of sp³-hybridized carbons (Fsp3) is 0.194. The molecule has 0 unspecified atom stereocenters. The van der Waals surface area contributed by atoms with Crippen molar-refractivity contribution in [2.75, 3.05) is 15.5 Å². The van der Waals surface area contributed by atoms with Crippen LogP contribution in [-0.2, 0) is 19.1 Å². The predicted octanol–water partition coefficient (Wildman–Crippen LogP) is 5.51. The van der Waals surface area contributed by atoms with Gasteiger partial charge in [-0.2, -0.15) is 0 Å². The van der Waals surface area contributed by atoms with Crippen molar-refractivity contribution in [2.45, 2.75) is 39.9 Å². The number of nitrogens with one attached hydrogen (secondary N) is 2. The van der Waals surface area contributed by atoms with Gasteiger partial charge in [0.05, 0.1) is 29.0 Å². The number of ether oxygens (including phenoxy) is 2. The van der Waals surface area contributed by atoms with E-state index in [-0.39, 0.29) is 34.2 Å². The van der Waals surface area contributed by atoms with Crippen LogP contribution in [0.5, 0.6) is 0 Å². The van der Waals surface area contributed by atoms with E-state index in [9.17, 15) is 24.0 Å². The van der Waals surface area contributed by atoms with E-state index in [1.807, 2.05) is 0 Å². The molecular weight excluding hydrogens is 562 g/mol. The topological polar surface area (TPSA) is 131 Å². The zero-order chi connectivity index (χ0) is 30.6. The molecule has 0 aromatic heterocycles. The van der Waals surface area contributed by atoms with Crippen LogP contribution in [0.15, 0.2) is 83.5 Å². The first-order valence-corrected chi connectivity index (χ1v) is 13.4. The standard InChI is InChI=1S/C31H28ClN3O7/c1-17(2)41-30(39)20-7-5-9-23(15-20)34-27(36)19-11-13-22(14-12-19)33-26-25(32)28(37)35(29(26)38)24-10-6-8-21(16-24)31(40)42-18(3)4/h5-18,33H,1-4H3,(H,34,36). The molecule has 3 amide bonds. The summed E-state index contributed by atoms with van der Waals surface area (Å²) in [6.07, 6.45) is -0.618. The zero-order valence-corrected chi connectivity index (χ0v) is 24.0. The van der Waals surface area contributed by atoms with Gasteiger partial charge in [0.15, 0.2) is 0 Å². The summed E-state index contributed by atoms with van der Waals surface area (Å²) in [7, 11) is 0. The Morgan fingerprint density at radius 3 is 1.88 bits per heavy atom. The Balaban J connectivity index is 1.44. The molecule has 216 valence electrons. The minimum atomic E-state index is -0.756. The largest absolute Gasteiger partial charge is 0.459 e. The first-order valence-electron chi connectivity index (χ1n) is 13.0. The highest BCUT2D eigenvalue weighted by molar-refractivity contribution is 6.53. The number of amides is 3. The average molecular weight is 590 g/mol. The number of imide groups is 1. The molecule has 0 radical (unpaired) electrons. The molecule has 1 heterocycles. The lowest BCUT2D eigenvalue weighted by molar-refractivity contribution is -0.120. The normalized spacial score (nSPS) is 13.1. The lowest BCUT2D eigenvalue weighted by Crippen LogP contribution is -2.32. The number of anilines is 3. The van der Waals surface area contributed by atoms with E-state index >= 15 is 0 Å². The van der Waals surface area contributed by atoms with Crippen molar-refractivity contribution in [3.8, 4) is 0 Å². The van der Waals surface area contributed by atoms with Gasteiger partial charge in [-0.1, -0.05) is 23.7 Å². The van der Waals surface area contributed by atoms with Crippen LogP contribution in [-0.4, -0.2) is 41.9 Å². The van der Waals surface area contributed by atoms with Crippen molar-refractivity contribution >= 4 is 58.3 Å². The second-order valence-corrected chi connectivity index (χ2v) is 10.2. The Morgan fingerprint density at radius 1 is 0.714 bits per heavy atom. The van der Waals surface area contributed by atoms with Crippen LogP contribution in [0.4, 0.5) is 17.1 Å². The van der Waals surface area contributed by atoms with E-state index in [1.54, 1.807) is 58.0 Å². The Kier molecular flexibility index (Phi) is 9.07. The van der Waals surface area contributed by atoms with Crippen LogP contribution in [0.2, 0.25) is 0 Å². The number of nitrogens with zero attached hydrogens (tertiary/aromatic N) is 1. The third-order valence-corrected chi connectivity index (χ3v) is 6.18. The van der Waals surface area contributed by atoms with Crippen LogP contribution in [0, 0.1) is 0 Å². The van der Waals surface area contributed by atoms with Gasteiger partial charge in [0.2, 0.25) is 0 Å². The van der Waals surface area contributed by atoms with Crippen molar-refractivity contribution in [3.63, 3.8) is 0 Å². The maximum atomic E-state index is 13.2. The summed E-state index contributed by atoms with van der Waals surface area (Å²) in [5.74, 6) is -2.98. The van der Waals surface area contributed by atoms with Crippen LogP contribution in [0.3, 0.4) is 0 Å². The molecule has 10 nitrogen and oxygen atoms in total. The Labute approximate surface area is 247 Å². The highest BCUT2D eigenvalue weighted by atomic mass is 35.5. The summed E-state index contributed by atoms with van der Waals surface area (Å²) >= 11 is 6.24. The molecule has 3 aromatic carbocycles. The molecule has 4 rings (SSSR count). The molecule has 42 heavy (non-hydrogen) atoms. The Morgan fingerprint density at radius 2 is 1.29 bits per heavy atom. The Bertz CT molecular complexity index is 1600. The number of carbonyl (C=O) groups is 5. The number of halogens is 1. The molecule has 2 N–H and O–H groups in total. The smallest absolute Gasteiger partial charge is 0.338 e. The van der Waals surface area contributed by atoms with Crippen LogP contribution in [0.1, 0.15) is 58.8 Å². The first-order chi connectivity index (χ1) is 19.9. The van der Waals surface area contributed by atoms with Gasteiger partial charge in [0.1, 0.15) is 10.7 Å². The number of hydrogen-bond donors (Lipinski definition) is 2. The second-order valence-electron chi connectivity index (χ2n) is 9.83. The molecular formula is C31H28ClN3O7. The third-order valence-electron chi connectivity index (χ3n) is 5.83. The van der Waals surface area contributed by atoms with Gasteiger partial charge in [0.25, 0.3) is 17.7 Å². The summed E-state index contributed by atoms with van der Waals surface area (Å²) in [4.78, 5) is 64.2. The molecule has 0 saturated heterocycles. The van der Waals surface area contributed by atoms with Crippen molar-refractivity contribution in [1.82, 2.24) is 0 Å². The molecule has 0 fully saturated rings. The predicted molar refractivity (Wildman–Crippen MR) is 157 cm³/mol. The molecule has 0 atom stereocenters. The van der Waals surface area contributed by atoms with Gasteiger partial charge in [0, 0.05) is 16.9 Å². The number of hydrogen-bond acceptors (Lipinski definition) is 8. The monoisotopic (exact) mass is 589 g/mol. The highest BCUT2D eigenvalue weighted by Crippen LogP contribution is 2.31. The lowest BCUT2D eigenvalue weighted by atomic mass is 10.1. The van der Waals surface area contributed by atoms with Crippen molar-refractivity contribution < 1.29 is 33.4 Å². The minimum Gasteiger partial charge on any atom is -0.459 e. The fourth-order valence-electron chi connectivity index (χ4n) is 3.96. The summed E-state index contributed by atoms with van der Waals surface area (Å²) in [6, 6.07) is 18.5. The van der Waals surface area contributed by atoms with Gasteiger partial charge < -0.3 is 20.1 Å². The van der Waals surface area contributed by atoms with E-state index in [2.05, 4.69) is 10.6 Å². The molecule has 11 heteroatoms. The number of rotatable bonds is 9. The zero-order valence-electron chi connectivity index (χ0n) is 23.3. The Hall–Kier alpha value is -4.96. The molecule has 0 spiro atoms. The van der Waals surface area contributed by atoms with Gasteiger partial charge >= 0.3 is 11.9 Å². The first kappa shape index (κ1) is 30.0. The summed E-state index contributed by atoms with van der Waals surface area (Å²) in [6.45, 7) is 6.91. The van der Waals surface area contributed by atoms with Crippen molar-refractivity contribution in [3.05, 3.63) is 100 Å². The van der Waals surface area contributed by atoms with Gasteiger partial charge in [-0.15, -0.1) is 0 Å². The van der Waals surface area contributed by atoms with Gasteiger partial charge in [-0.05, 0) is 88.4 Å². The molecule has 3 aromatic rings. The van der Waals surface area contributed by atoms with E-state index in [4.69, 9.17) is 21.1 Å². The molecule has 0 saturated carbocycles. The number of esters is 2. The minimum absolute atomic E-state index is 0.154. The maximum Gasteiger partial charge on any atom is 0.338 e. The summed E-state index contributed by atoms with van der Waals surface area (Å²) in [5.41, 5.74) is 1.60. The van der Waals surface area contributed by atoms with Gasteiger partial charge in [-0.3, -0.25) is 14.4 Å². The maximum absolute atomic E-state index is 13.2. The molecule has 1 aliphatic heterocycles. The van der Waals surface area contributed by atoms with E-state index < -0.39 is 29.7 Å². The summed E-state index contributed by atoms with van der Waals surface area (Å²) in [5, 5.41) is 5.25. The van der Waals surface area contributed by atoms with Crippen molar-refractivity contribution in [1.29, 1.82) is 0 Å². The highest BCUT2D eigenvalue weighted by Gasteiger charge is 2.39.